The second-order valence-corrected chi connectivity index (χ2v) is 5.65. The third-order valence-corrected chi connectivity index (χ3v) is 4.13. The fourth-order valence-electron chi connectivity index (χ4n) is 2.94. The molecular formula is C14H27N3O. The zero-order valence-electron chi connectivity index (χ0n) is 11.4. The topological polar surface area (TPSA) is 44.4 Å². The van der Waals surface area contributed by atoms with E-state index in [2.05, 4.69) is 15.5 Å². The summed E-state index contributed by atoms with van der Waals surface area (Å²) in [7, 11) is 0. The maximum absolute atomic E-state index is 11.7. The largest absolute Gasteiger partial charge is 0.356 e. The Morgan fingerprint density at radius 1 is 1.28 bits per heavy atom. The highest BCUT2D eigenvalue weighted by Crippen LogP contribution is 2.13. The molecule has 0 aromatic carbocycles. The summed E-state index contributed by atoms with van der Waals surface area (Å²) in [6.45, 7) is 6.45. The minimum Gasteiger partial charge on any atom is -0.356 e. The maximum atomic E-state index is 11.7. The van der Waals surface area contributed by atoms with Crippen LogP contribution in [0.25, 0.3) is 0 Å². The Morgan fingerprint density at radius 3 is 2.83 bits per heavy atom. The van der Waals surface area contributed by atoms with Crippen molar-refractivity contribution in [2.45, 2.75) is 38.5 Å². The van der Waals surface area contributed by atoms with E-state index in [1.54, 1.807) is 0 Å². The Bertz CT molecular complexity index is 245. The molecule has 0 aromatic rings. The molecule has 2 N–H and O–H groups in total. The van der Waals surface area contributed by atoms with Gasteiger partial charge in [0, 0.05) is 19.5 Å². The molecule has 2 heterocycles. The van der Waals surface area contributed by atoms with Crippen molar-refractivity contribution in [1.82, 2.24) is 15.5 Å². The van der Waals surface area contributed by atoms with E-state index >= 15 is 0 Å². The van der Waals surface area contributed by atoms with Crippen LogP contribution in [0.2, 0.25) is 0 Å². The van der Waals surface area contributed by atoms with E-state index < -0.39 is 0 Å². The van der Waals surface area contributed by atoms with Crippen molar-refractivity contribution in [3.8, 4) is 0 Å². The van der Waals surface area contributed by atoms with Gasteiger partial charge < -0.3 is 15.5 Å². The number of nitrogens with one attached hydrogen (secondary N) is 2. The lowest BCUT2D eigenvalue weighted by Gasteiger charge is -2.22. The van der Waals surface area contributed by atoms with E-state index in [0.717, 1.165) is 32.0 Å². The highest BCUT2D eigenvalue weighted by Gasteiger charge is 2.14. The van der Waals surface area contributed by atoms with Gasteiger partial charge in [0.1, 0.15) is 0 Å². The average molecular weight is 253 g/mol. The number of amides is 1. The molecule has 18 heavy (non-hydrogen) atoms. The van der Waals surface area contributed by atoms with Gasteiger partial charge in [0.15, 0.2) is 0 Å². The lowest BCUT2D eigenvalue weighted by Crippen LogP contribution is -2.34. The number of likely N-dealkylation sites (tertiary alicyclic amines) is 1. The van der Waals surface area contributed by atoms with E-state index in [9.17, 15) is 4.79 Å². The van der Waals surface area contributed by atoms with Gasteiger partial charge in [0.05, 0.1) is 0 Å². The number of piperidine rings is 1. The van der Waals surface area contributed by atoms with E-state index in [0.29, 0.717) is 6.42 Å². The summed E-state index contributed by atoms with van der Waals surface area (Å²) in [6.07, 6.45) is 7.00. The smallest absolute Gasteiger partial charge is 0.221 e. The number of hydrogen-bond donors (Lipinski definition) is 2. The van der Waals surface area contributed by atoms with Crippen molar-refractivity contribution in [3.05, 3.63) is 0 Å². The molecule has 0 spiro atoms. The van der Waals surface area contributed by atoms with Gasteiger partial charge in [-0.2, -0.15) is 0 Å². The molecule has 0 saturated carbocycles. The van der Waals surface area contributed by atoms with Gasteiger partial charge in [0.25, 0.3) is 0 Å². The van der Waals surface area contributed by atoms with Crippen LogP contribution in [0.4, 0.5) is 0 Å². The second-order valence-electron chi connectivity index (χ2n) is 5.65. The first kappa shape index (κ1) is 13.8. The van der Waals surface area contributed by atoms with E-state index in [1.165, 1.54) is 45.3 Å². The lowest BCUT2D eigenvalue weighted by atomic mass is 9.96. The zero-order valence-corrected chi connectivity index (χ0v) is 11.4. The van der Waals surface area contributed by atoms with Crippen LogP contribution in [0.5, 0.6) is 0 Å². The van der Waals surface area contributed by atoms with E-state index in [1.807, 2.05) is 0 Å². The first-order valence-corrected chi connectivity index (χ1v) is 7.54. The Kier molecular flexibility index (Phi) is 5.94. The molecular weight excluding hydrogens is 226 g/mol. The molecule has 2 rings (SSSR count). The van der Waals surface area contributed by atoms with Gasteiger partial charge >= 0.3 is 0 Å². The summed E-state index contributed by atoms with van der Waals surface area (Å²) in [5.41, 5.74) is 0. The minimum atomic E-state index is 0.227. The standard InChI is InChI=1S/C14H27N3O/c18-14(6-11-17-9-1-2-10-17)16-8-5-13-4-3-7-15-12-13/h13,15H,1-12H2,(H,16,18). The highest BCUT2D eigenvalue weighted by molar-refractivity contribution is 5.76. The van der Waals surface area contributed by atoms with Gasteiger partial charge in [0.2, 0.25) is 5.91 Å². The van der Waals surface area contributed by atoms with Crippen molar-refractivity contribution >= 4 is 5.91 Å². The normalized spacial score (nSPS) is 25.2. The number of hydrogen-bond acceptors (Lipinski definition) is 3. The van der Waals surface area contributed by atoms with Crippen molar-refractivity contribution in [2.24, 2.45) is 5.92 Å². The molecule has 2 saturated heterocycles. The molecule has 1 atom stereocenters. The predicted octanol–water partition coefficient (Wildman–Crippen LogP) is 0.978. The molecule has 0 bridgehead atoms. The van der Waals surface area contributed by atoms with E-state index in [4.69, 9.17) is 0 Å². The molecule has 2 aliphatic heterocycles. The van der Waals surface area contributed by atoms with Crippen molar-refractivity contribution in [2.75, 3.05) is 39.3 Å². The fourth-order valence-corrected chi connectivity index (χ4v) is 2.94. The summed E-state index contributed by atoms with van der Waals surface area (Å²) in [5.74, 6) is 0.989. The molecule has 1 amide bonds. The molecule has 4 heteroatoms. The van der Waals surface area contributed by atoms with Crippen LogP contribution in [-0.4, -0.2) is 50.1 Å². The maximum Gasteiger partial charge on any atom is 0.221 e. The van der Waals surface area contributed by atoms with Crippen LogP contribution in [0.15, 0.2) is 0 Å². The molecule has 1 unspecified atom stereocenters. The SMILES string of the molecule is O=C(CCN1CCCC1)NCCC1CCCNC1. The molecule has 2 aliphatic rings. The lowest BCUT2D eigenvalue weighted by molar-refractivity contribution is -0.121. The van der Waals surface area contributed by atoms with Gasteiger partial charge in [-0.1, -0.05) is 0 Å². The minimum absolute atomic E-state index is 0.227. The van der Waals surface area contributed by atoms with Crippen LogP contribution < -0.4 is 10.6 Å². The van der Waals surface area contributed by atoms with Crippen molar-refractivity contribution in [1.29, 1.82) is 0 Å². The summed E-state index contributed by atoms with van der Waals surface area (Å²) in [6, 6.07) is 0. The summed E-state index contributed by atoms with van der Waals surface area (Å²) in [5, 5.41) is 6.48. The summed E-state index contributed by atoms with van der Waals surface area (Å²) in [4.78, 5) is 14.1. The Morgan fingerprint density at radius 2 is 2.11 bits per heavy atom. The monoisotopic (exact) mass is 253 g/mol. The summed E-state index contributed by atoms with van der Waals surface area (Å²) >= 11 is 0. The van der Waals surface area contributed by atoms with Crippen LogP contribution >= 0.6 is 0 Å². The van der Waals surface area contributed by atoms with Crippen LogP contribution in [0.3, 0.4) is 0 Å². The second kappa shape index (κ2) is 7.74. The summed E-state index contributed by atoms with van der Waals surface area (Å²) < 4.78 is 0. The Labute approximate surface area is 110 Å². The number of carbonyl (C=O) groups is 1. The molecule has 0 aromatic heterocycles. The van der Waals surface area contributed by atoms with Crippen molar-refractivity contribution < 1.29 is 4.79 Å². The quantitative estimate of drug-likeness (QED) is 0.741. The molecule has 4 nitrogen and oxygen atoms in total. The molecule has 0 radical (unpaired) electrons. The van der Waals surface area contributed by atoms with Gasteiger partial charge in [-0.05, 0) is 64.2 Å². The number of carbonyl (C=O) groups excluding carboxylic acids is 1. The molecule has 0 aliphatic carbocycles. The van der Waals surface area contributed by atoms with Gasteiger partial charge in [-0.3, -0.25) is 4.79 Å². The van der Waals surface area contributed by atoms with Gasteiger partial charge in [-0.25, -0.2) is 0 Å². The van der Waals surface area contributed by atoms with Crippen molar-refractivity contribution in [3.63, 3.8) is 0 Å². The molecule has 2 fully saturated rings. The number of nitrogens with zero attached hydrogens (tertiary/aromatic N) is 1. The zero-order chi connectivity index (χ0) is 12.6. The van der Waals surface area contributed by atoms with E-state index in [-0.39, 0.29) is 5.91 Å². The first-order valence-electron chi connectivity index (χ1n) is 7.54. The van der Waals surface area contributed by atoms with Crippen LogP contribution in [-0.2, 0) is 4.79 Å². The number of rotatable bonds is 6. The fraction of sp³-hybridized carbons (Fsp3) is 0.929. The van der Waals surface area contributed by atoms with Gasteiger partial charge in [-0.15, -0.1) is 0 Å². The van der Waals surface area contributed by atoms with Crippen LogP contribution in [0, 0.1) is 5.92 Å². The first-order chi connectivity index (χ1) is 8.84. The average Bonchev–Trinajstić information content (AvgIpc) is 2.91. The molecule has 104 valence electrons. The Hall–Kier alpha value is -0.610. The Balaban J connectivity index is 1.48. The highest BCUT2D eigenvalue weighted by atomic mass is 16.1. The third-order valence-electron chi connectivity index (χ3n) is 4.13. The predicted molar refractivity (Wildman–Crippen MR) is 73.5 cm³/mol. The third kappa shape index (κ3) is 4.94. The van der Waals surface area contributed by atoms with Crippen LogP contribution in [0.1, 0.15) is 38.5 Å².